The topological polar surface area (TPSA) is 141 Å². The predicted molar refractivity (Wildman–Crippen MR) is 166 cm³/mol. The van der Waals surface area contributed by atoms with Crippen LogP contribution in [-0.4, -0.2) is 83.1 Å². The maximum absolute atomic E-state index is 13.3. The molecule has 12 heteroatoms. The van der Waals surface area contributed by atoms with Crippen LogP contribution < -0.4 is 10.1 Å². The van der Waals surface area contributed by atoms with Crippen LogP contribution in [0.1, 0.15) is 33.8 Å². The number of nitrogens with zero attached hydrogens (tertiary/aromatic N) is 1. The molecular weight excluding hydrogens is 600 g/mol. The zero-order valence-corrected chi connectivity index (χ0v) is 26.1. The van der Waals surface area contributed by atoms with E-state index < -0.39 is 28.2 Å². The van der Waals surface area contributed by atoms with Gasteiger partial charge in [-0.05, 0) is 60.0 Å². The number of rotatable bonds is 15. The molecule has 4 rings (SSSR count). The van der Waals surface area contributed by atoms with E-state index in [-0.39, 0.29) is 42.9 Å². The molecule has 11 nitrogen and oxygen atoms in total. The van der Waals surface area contributed by atoms with E-state index in [0.717, 1.165) is 15.4 Å². The van der Waals surface area contributed by atoms with Crippen molar-refractivity contribution in [2.24, 2.45) is 0 Å². The van der Waals surface area contributed by atoms with Gasteiger partial charge in [-0.1, -0.05) is 42.5 Å². The molecule has 1 aliphatic rings. The first-order chi connectivity index (χ1) is 21.7. The van der Waals surface area contributed by atoms with Gasteiger partial charge in [0.25, 0.3) is 5.91 Å². The minimum absolute atomic E-state index is 0.0542. The number of amides is 1. The number of carbonyl (C=O) groups excluding carboxylic acids is 2. The lowest BCUT2D eigenvalue weighted by atomic mass is 9.92. The van der Waals surface area contributed by atoms with Crippen LogP contribution in [0.3, 0.4) is 0 Å². The minimum atomic E-state index is -3.93. The van der Waals surface area contributed by atoms with E-state index in [1.807, 2.05) is 30.3 Å². The van der Waals surface area contributed by atoms with Gasteiger partial charge in [0.2, 0.25) is 16.3 Å². The Bertz CT molecular complexity index is 1540. The first-order valence-corrected chi connectivity index (χ1v) is 15.9. The van der Waals surface area contributed by atoms with Gasteiger partial charge in [-0.25, -0.2) is 13.2 Å². The fraction of sp³-hybridized carbons (Fsp3) is 0.333. The number of hydrogen-bond donors (Lipinski definition) is 2. The number of aliphatic hydroxyl groups excluding tert-OH is 1. The van der Waals surface area contributed by atoms with Crippen LogP contribution in [0.15, 0.2) is 95.6 Å². The third-order valence-corrected chi connectivity index (χ3v) is 9.19. The van der Waals surface area contributed by atoms with E-state index in [0.29, 0.717) is 30.7 Å². The van der Waals surface area contributed by atoms with Gasteiger partial charge in [-0.15, -0.1) is 0 Å². The Hall–Kier alpha value is -4.23. The number of allylic oxidation sites excluding steroid dienone is 1. The molecule has 1 amide bonds. The molecule has 0 bridgehead atoms. The van der Waals surface area contributed by atoms with Gasteiger partial charge in [-0.3, -0.25) is 4.79 Å². The van der Waals surface area contributed by atoms with Crippen molar-refractivity contribution in [1.29, 1.82) is 0 Å². The first kappa shape index (κ1) is 33.7. The molecule has 0 radical (unpaired) electrons. The molecule has 0 spiro atoms. The molecule has 0 aliphatic carbocycles. The third-order valence-electron chi connectivity index (χ3n) is 7.27. The van der Waals surface area contributed by atoms with Crippen LogP contribution in [0, 0.1) is 0 Å². The fourth-order valence-corrected chi connectivity index (χ4v) is 6.25. The Morgan fingerprint density at radius 2 is 1.69 bits per heavy atom. The van der Waals surface area contributed by atoms with E-state index in [9.17, 15) is 23.1 Å². The number of carbonyl (C=O) groups is 2. The highest BCUT2D eigenvalue weighted by Crippen LogP contribution is 2.32. The molecule has 45 heavy (non-hydrogen) atoms. The van der Waals surface area contributed by atoms with Gasteiger partial charge in [0.05, 0.1) is 37.9 Å². The third kappa shape index (κ3) is 9.14. The van der Waals surface area contributed by atoms with Crippen molar-refractivity contribution in [3.05, 3.63) is 107 Å². The molecular formula is C33H38N2O9S. The summed E-state index contributed by atoms with van der Waals surface area (Å²) in [7, 11) is -1.13. The smallest absolute Gasteiger partial charge is 0.337 e. The fourth-order valence-electron chi connectivity index (χ4n) is 4.83. The molecule has 240 valence electrons. The second kappa shape index (κ2) is 16.2. The Labute approximate surface area is 263 Å². The van der Waals surface area contributed by atoms with E-state index in [1.165, 1.54) is 26.4 Å². The van der Waals surface area contributed by atoms with Crippen LogP contribution in [0.5, 0.6) is 5.75 Å². The van der Waals surface area contributed by atoms with Crippen LogP contribution in [0.4, 0.5) is 0 Å². The lowest BCUT2D eigenvalue weighted by Gasteiger charge is -2.30. The van der Waals surface area contributed by atoms with Crippen molar-refractivity contribution in [2.75, 3.05) is 47.1 Å². The van der Waals surface area contributed by atoms with Crippen molar-refractivity contribution in [3.63, 3.8) is 0 Å². The standard InChI is InChI=1S/C33H38N2O9S/c1-41-28-12-14-29(15-13-28)45(39,40)35(18-20-36)19-21-43-31-23-27(25-8-10-26(11-9-25)33(38)42-2)22-30(44-31)32(37)34-17-16-24-6-4-3-5-7-24/h3-15,22,27,31,36H,16-21,23H2,1-2H3,(H,34,37)/t27-,31+/m0/s1. The maximum atomic E-state index is 13.3. The molecule has 3 aromatic carbocycles. The Morgan fingerprint density at radius 1 is 0.978 bits per heavy atom. The summed E-state index contributed by atoms with van der Waals surface area (Å²) in [6.07, 6.45) is 1.83. The summed E-state index contributed by atoms with van der Waals surface area (Å²) in [6, 6.07) is 22.6. The second-order valence-corrected chi connectivity index (χ2v) is 12.1. The van der Waals surface area contributed by atoms with Gasteiger partial charge < -0.3 is 29.4 Å². The zero-order chi connectivity index (χ0) is 32.2. The molecule has 0 saturated carbocycles. The normalized spacial score (nSPS) is 16.4. The van der Waals surface area contributed by atoms with Gasteiger partial charge in [0.1, 0.15) is 5.75 Å². The first-order valence-electron chi connectivity index (χ1n) is 14.5. The van der Waals surface area contributed by atoms with Crippen LogP contribution in [0.2, 0.25) is 0 Å². The second-order valence-electron chi connectivity index (χ2n) is 10.2. The van der Waals surface area contributed by atoms with Crippen molar-refractivity contribution < 1.29 is 42.1 Å². The Balaban J connectivity index is 1.45. The van der Waals surface area contributed by atoms with Crippen LogP contribution >= 0.6 is 0 Å². The van der Waals surface area contributed by atoms with Crippen molar-refractivity contribution in [1.82, 2.24) is 9.62 Å². The summed E-state index contributed by atoms with van der Waals surface area (Å²) in [4.78, 5) is 25.1. The average Bonchev–Trinajstić information content (AvgIpc) is 3.07. The maximum Gasteiger partial charge on any atom is 0.337 e. The number of esters is 1. The average molecular weight is 639 g/mol. The minimum Gasteiger partial charge on any atom is -0.497 e. The highest BCUT2D eigenvalue weighted by atomic mass is 32.2. The largest absolute Gasteiger partial charge is 0.497 e. The molecule has 2 atom stereocenters. The number of sulfonamides is 1. The quantitative estimate of drug-likeness (QED) is 0.240. The van der Waals surface area contributed by atoms with E-state index in [4.69, 9.17) is 18.9 Å². The lowest BCUT2D eigenvalue weighted by Crippen LogP contribution is -2.38. The molecule has 1 heterocycles. The molecule has 3 aromatic rings. The number of methoxy groups -OCH3 is 2. The lowest BCUT2D eigenvalue weighted by molar-refractivity contribution is -0.146. The zero-order valence-electron chi connectivity index (χ0n) is 25.3. The van der Waals surface area contributed by atoms with Gasteiger partial charge in [0.15, 0.2) is 5.76 Å². The van der Waals surface area contributed by atoms with Crippen molar-refractivity contribution in [2.45, 2.75) is 29.9 Å². The summed E-state index contributed by atoms with van der Waals surface area (Å²) in [6.45, 7) is -0.234. The summed E-state index contributed by atoms with van der Waals surface area (Å²) >= 11 is 0. The molecule has 1 aliphatic heterocycles. The summed E-state index contributed by atoms with van der Waals surface area (Å²) < 4.78 is 49.5. The SMILES string of the molecule is COC(=O)c1ccc([C@H]2C=C(C(=O)NCCc3ccccc3)O[C@@H](OCCN(CCO)S(=O)(=O)c3ccc(OC)cc3)C2)cc1. The molecule has 0 saturated heterocycles. The van der Waals surface area contributed by atoms with Crippen molar-refractivity contribution >= 4 is 21.9 Å². The summed E-state index contributed by atoms with van der Waals surface area (Å²) in [5.41, 5.74) is 2.31. The monoisotopic (exact) mass is 638 g/mol. The Kier molecular flexibility index (Phi) is 12.1. The van der Waals surface area contributed by atoms with Crippen LogP contribution in [-0.2, 0) is 35.4 Å². The van der Waals surface area contributed by atoms with Crippen LogP contribution in [0.25, 0.3) is 0 Å². The van der Waals surface area contributed by atoms with Gasteiger partial charge in [0, 0.05) is 32.0 Å². The number of benzene rings is 3. The highest BCUT2D eigenvalue weighted by Gasteiger charge is 2.30. The van der Waals surface area contributed by atoms with E-state index >= 15 is 0 Å². The van der Waals surface area contributed by atoms with E-state index in [1.54, 1.807) is 42.5 Å². The molecule has 0 unspecified atom stereocenters. The van der Waals surface area contributed by atoms with Gasteiger partial charge >= 0.3 is 5.97 Å². The Morgan fingerprint density at radius 3 is 2.33 bits per heavy atom. The molecule has 2 N–H and O–H groups in total. The molecule has 0 aromatic heterocycles. The van der Waals surface area contributed by atoms with Gasteiger partial charge in [-0.2, -0.15) is 4.31 Å². The number of nitrogens with one attached hydrogen (secondary N) is 1. The molecule has 0 fully saturated rings. The number of ether oxygens (including phenoxy) is 4. The summed E-state index contributed by atoms with van der Waals surface area (Å²) in [5.74, 6) is -0.551. The number of aliphatic hydroxyl groups is 1. The predicted octanol–water partition coefficient (Wildman–Crippen LogP) is 3.25. The van der Waals surface area contributed by atoms with Crippen molar-refractivity contribution in [3.8, 4) is 5.75 Å². The van der Waals surface area contributed by atoms with E-state index in [2.05, 4.69) is 5.32 Å². The summed E-state index contributed by atoms with van der Waals surface area (Å²) in [5, 5.41) is 12.5. The number of hydrogen-bond acceptors (Lipinski definition) is 9. The highest BCUT2D eigenvalue weighted by molar-refractivity contribution is 7.89.